The van der Waals surface area contributed by atoms with Gasteiger partial charge in [0.05, 0.1) is 29.4 Å². The SMILES string of the molecule is CC(Cc1ccco1)N1CC(O)=C(c2nc3ccccc3[nH]2)C1=N. The second-order valence-corrected chi connectivity index (χ2v) is 6.03. The number of amidine groups is 1. The van der Waals surface area contributed by atoms with E-state index in [0.717, 1.165) is 16.8 Å². The first-order chi connectivity index (χ1) is 11.6. The van der Waals surface area contributed by atoms with E-state index in [1.807, 2.05) is 48.2 Å². The zero-order chi connectivity index (χ0) is 16.7. The van der Waals surface area contributed by atoms with Crippen molar-refractivity contribution in [2.45, 2.75) is 19.4 Å². The molecule has 0 amide bonds. The van der Waals surface area contributed by atoms with Gasteiger partial charge in [0.25, 0.3) is 0 Å². The number of hydrogen-bond donors (Lipinski definition) is 3. The zero-order valence-electron chi connectivity index (χ0n) is 13.3. The van der Waals surface area contributed by atoms with Gasteiger partial charge in [-0.05, 0) is 31.2 Å². The molecule has 0 spiro atoms. The quantitative estimate of drug-likeness (QED) is 0.687. The molecule has 1 aliphatic rings. The Hall–Kier alpha value is -3.02. The molecule has 0 saturated heterocycles. The summed E-state index contributed by atoms with van der Waals surface area (Å²) in [6.45, 7) is 2.33. The molecule has 1 unspecified atom stereocenters. The van der Waals surface area contributed by atoms with Crippen molar-refractivity contribution in [1.29, 1.82) is 5.41 Å². The number of furan rings is 1. The highest BCUT2D eigenvalue weighted by Crippen LogP contribution is 2.29. The number of aromatic amines is 1. The number of para-hydroxylation sites is 2. The number of aromatic nitrogens is 2. The number of rotatable bonds is 4. The van der Waals surface area contributed by atoms with Crippen molar-refractivity contribution in [2.75, 3.05) is 6.54 Å². The number of fused-ring (bicyclic) bond motifs is 1. The minimum Gasteiger partial charge on any atom is -0.510 e. The van der Waals surface area contributed by atoms with Crippen molar-refractivity contribution in [3.05, 3.63) is 60.0 Å². The van der Waals surface area contributed by atoms with Crippen molar-refractivity contribution >= 4 is 22.4 Å². The number of imidazole rings is 1. The third-order valence-corrected chi connectivity index (χ3v) is 4.37. The molecule has 0 fully saturated rings. The van der Waals surface area contributed by atoms with Gasteiger partial charge in [-0.3, -0.25) is 5.41 Å². The van der Waals surface area contributed by atoms with Crippen LogP contribution < -0.4 is 0 Å². The summed E-state index contributed by atoms with van der Waals surface area (Å²) < 4.78 is 5.39. The number of H-pyrrole nitrogens is 1. The standard InChI is InChI=1S/C18H18N4O2/c1-11(9-12-5-4-8-24-12)22-10-15(23)16(17(22)19)18-20-13-6-2-3-7-14(13)21-18/h2-8,11,19,23H,9-10H2,1H3,(H,20,21). The fourth-order valence-electron chi connectivity index (χ4n) is 3.13. The van der Waals surface area contributed by atoms with Crippen LogP contribution in [0, 0.1) is 5.41 Å². The first-order valence-corrected chi connectivity index (χ1v) is 7.88. The van der Waals surface area contributed by atoms with E-state index in [-0.39, 0.29) is 17.6 Å². The van der Waals surface area contributed by atoms with Gasteiger partial charge in [0, 0.05) is 12.5 Å². The third kappa shape index (κ3) is 2.36. The van der Waals surface area contributed by atoms with E-state index in [9.17, 15) is 5.11 Å². The number of aliphatic hydroxyl groups excluding tert-OH is 1. The van der Waals surface area contributed by atoms with Crippen LogP contribution in [0.25, 0.3) is 16.6 Å². The Labute approximate surface area is 138 Å². The van der Waals surface area contributed by atoms with Crippen molar-refractivity contribution < 1.29 is 9.52 Å². The Morgan fingerprint density at radius 3 is 2.92 bits per heavy atom. The normalized spacial score (nSPS) is 16.4. The van der Waals surface area contributed by atoms with Crippen LogP contribution in [-0.4, -0.2) is 38.4 Å². The van der Waals surface area contributed by atoms with Crippen molar-refractivity contribution in [2.24, 2.45) is 0 Å². The molecular weight excluding hydrogens is 304 g/mol. The highest BCUT2D eigenvalue weighted by Gasteiger charge is 2.33. The maximum absolute atomic E-state index is 10.4. The summed E-state index contributed by atoms with van der Waals surface area (Å²) >= 11 is 0. The predicted molar refractivity (Wildman–Crippen MR) is 91.9 cm³/mol. The van der Waals surface area contributed by atoms with Gasteiger partial charge in [-0.25, -0.2) is 4.98 Å². The summed E-state index contributed by atoms with van der Waals surface area (Å²) in [5.74, 6) is 1.86. The fourth-order valence-corrected chi connectivity index (χ4v) is 3.13. The minimum atomic E-state index is 0.0349. The molecule has 3 N–H and O–H groups in total. The molecule has 0 radical (unpaired) electrons. The van der Waals surface area contributed by atoms with Crippen LogP contribution in [0.1, 0.15) is 18.5 Å². The topological polar surface area (TPSA) is 89.1 Å². The lowest BCUT2D eigenvalue weighted by atomic mass is 10.1. The zero-order valence-corrected chi connectivity index (χ0v) is 13.3. The van der Waals surface area contributed by atoms with Gasteiger partial charge in [-0.15, -0.1) is 0 Å². The first kappa shape index (κ1) is 14.6. The molecule has 3 heterocycles. The van der Waals surface area contributed by atoms with Crippen LogP contribution in [-0.2, 0) is 6.42 Å². The molecule has 1 atom stereocenters. The van der Waals surface area contributed by atoms with Crippen molar-refractivity contribution in [1.82, 2.24) is 14.9 Å². The Bertz CT molecular complexity index is 891. The van der Waals surface area contributed by atoms with Crippen molar-refractivity contribution in [3.8, 4) is 0 Å². The molecule has 122 valence electrons. The number of nitrogens with one attached hydrogen (secondary N) is 2. The summed E-state index contributed by atoms with van der Waals surface area (Å²) in [5, 5.41) is 18.9. The lowest BCUT2D eigenvalue weighted by Gasteiger charge is -2.25. The fraction of sp³-hybridized carbons (Fsp3) is 0.222. The number of hydrogen-bond acceptors (Lipinski definition) is 4. The van der Waals surface area contributed by atoms with E-state index in [0.29, 0.717) is 24.4 Å². The molecule has 24 heavy (non-hydrogen) atoms. The lowest BCUT2D eigenvalue weighted by Crippen LogP contribution is -2.36. The van der Waals surface area contributed by atoms with Crippen LogP contribution >= 0.6 is 0 Å². The Balaban J connectivity index is 1.60. The molecule has 1 aromatic carbocycles. The summed E-state index contributed by atoms with van der Waals surface area (Å²) in [6, 6.07) is 11.5. The monoisotopic (exact) mass is 322 g/mol. The average molecular weight is 322 g/mol. The summed E-state index contributed by atoms with van der Waals surface area (Å²) in [6.07, 6.45) is 2.32. The van der Waals surface area contributed by atoms with Crippen molar-refractivity contribution in [3.63, 3.8) is 0 Å². The highest BCUT2D eigenvalue weighted by molar-refractivity contribution is 6.23. The van der Waals surface area contributed by atoms with Gasteiger partial charge in [0.2, 0.25) is 0 Å². The Morgan fingerprint density at radius 2 is 2.17 bits per heavy atom. The number of benzene rings is 1. The Morgan fingerprint density at radius 1 is 1.33 bits per heavy atom. The van der Waals surface area contributed by atoms with Gasteiger partial charge >= 0.3 is 0 Å². The van der Waals surface area contributed by atoms with Gasteiger partial charge < -0.3 is 19.4 Å². The molecule has 3 aromatic rings. The molecule has 0 saturated carbocycles. The van der Waals surface area contributed by atoms with E-state index < -0.39 is 0 Å². The summed E-state index contributed by atoms with van der Waals surface area (Å²) in [4.78, 5) is 9.56. The first-order valence-electron chi connectivity index (χ1n) is 7.88. The van der Waals surface area contributed by atoms with Gasteiger partial charge in [0.15, 0.2) is 0 Å². The summed E-state index contributed by atoms with van der Waals surface area (Å²) in [7, 11) is 0. The Kier molecular flexibility index (Phi) is 3.37. The molecule has 6 nitrogen and oxygen atoms in total. The highest BCUT2D eigenvalue weighted by atomic mass is 16.3. The van der Waals surface area contributed by atoms with Gasteiger partial charge in [0.1, 0.15) is 23.2 Å². The largest absolute Gasteiger partial charge is 0.510 e. The smallest absolute Gasteiger partial charge is 0.145 e. The maximum Gasteiger partial charge on any atom is 0.145 e. The van der Waals surface area contributed by atoms with Crippen LogP contribution in [0.4, 0.5) is 0 Å². The van der Waals surface area contributed by atoms with Crippen LogP contribution in [0.5, 0.6) is 0 Å². The number of aliphatic hydroxyl groups is 1. The second kappa shape index (κ2) is 5.56. The molecule has 0 bridgehead atoms. The van der Waals surface area contributed by atoms with Crippen LogP contribution in [0.2, 0.25) is 0 Å². The van der Waals surface area contributed by atoms with Crippen LogP contribution in [0.15, 0.2) is 52.8 Å². The molecule has 1 aliphatic heterocycles. The number of nitrogens with zero attached hydrogens (tertiary/aromatic N) is 2. The van der Waals surface area contributed by atoms with Crippen LogP contribution in [0.3, 0.4) is 0 Å². The van der Waals surface area contributed by atoms with Gasteiger partial charge in [-0.2, -0.15) is 0 Å². The van der Waals surface area contributed by atoms with E-state index in [2.05, 4.69) is 9.97 Å². The van der Waals surface area contributed by atoms with E-state index in [1.165, 1.54) is 0 Å². The third-order valence-electron chi connectivity index (χ3n) is 4.37. The predicted octanol–water partition coefficient (Wildman–Crippen LogP) is 3.35. The van der Waals surface area contributed by atoms with E-state index >= 15 is 0 Å². The summed E-state index contributed by atoms with van der Waals surface area (Å²) in [5.41, 5.74) is 2.18. The molecular formula is C18H18N4O2. The molecule has 0 aliphatic carbocycles. The van der Waals surface area contributed by atoms with E-state index in [4.69, 9.17) is 9.83 Å². The molecule has 4 rings (SSSR count). The molecule has 6 heteroatoms. The van der Waals surface area contributed by atoms with E-state index in [1.54, 1.807) is 6.26 Å². The lowest BCUT2D eigenvalue weighted by molar-refractivity contribution is 0.295. The minimum absolute atomic E-state index is 0.0349. The average Bonchev–Trinajstić information content (AvgIpc) is 3.26. The molecule has 2 aromatic heterocycles. The van der Waals surface area contributed by atoms with Gasteiger partial charge in [-0.1, -0.05) is 12.1 Å². The maximum atomic E-state index is 10.4. The second-order valence-electron chi connectivity index (χ2n) is 6.03.